The molecule has 0 unspecified atom stereocenters. The Morgan fingerprint density at radius 1 is 1.00 bits per heavy atom. The Kier molecular flexibility index (Phi) is 3.60. The van der Waals surface area contributed by atoms with Crippen LogP contribution in [0.15, 0.2) is 53.5 Å². The summed E-state index contributed by atoms with van der Waals surface area (Å²) in [5.74, 6) is -1.13. The molecular formula is C14H11F2N. The lowest BCUT2D eigenvalue weighted by Crippen LogP contribution is -1.90. The average molecular weight is 231 g/mol. The molecule has 0 amide bonds. The summed E-state index contributed by atoms with van der Waals surface area (Å²) < 4.78 is 25.9. The van der Waals surface area contributed by atoms with Crippen LogP contribution in [0.4, 0.5) is 8.78 Å². The quantitative estimate of drug-likeness (QED) is 0.716. The monoisotopic (exact) mass is 231 g/mol. The van der Waals surface area contributed by atoms with Crippen molar-refractivity contribution in [3.8, 4) is 0 Å². The second kappa shape index (κ2) is 5.34. The number of halogens is 2. The third kappa shape index (κ3) is 3.21. The minimum Gasteiger partial charge on any atom is -0.288 e. The summed E-state index contributed by atoms with van der Waals surface area (Å²) >= 11 is 0. The van der Waals surface area contributed by atoms with Crippen LogP contribution in [-0.2, 0) is 6.54 Å². The molecule has 0 saturated heterocycles. The zero-order valence-electron chi connectivity index (χ0n) is 9.11. The number of benzene rings is 2. The molecule has 0 aromatic heterocycles. The molecule has 1 nitrogen and oxygen atoms in total. The first-order chi connectivity index (χ1) is 8.25. The maximum atomic E-state index is 13.3. The van der Waals surface area contributed by atoms with Crippen LogP contribution in [0.2, 0.25) is 0 Å². The van der Waals surface area contributed by atoms with Gasteiger partial charge in [0.05, 0.1) is 6.54 Å². The number of hydrogen-bond acceptors (Lipinski definition) is 1. The second-order valence-electron chi connectivity index (χ2n) is 3.62. The maximum Gasteiger partial charge on any atom is 0.131 e. The maximum absolute atomic E-state index is 13.3. The van der Waals surface area contributed by atoms with Gasteiger partial charge in [0, 0.05) is 17.8 Å². The van der Waals surface area contributed by atoms with Gasteiger partial charge in [-0.25, -0.2) is 8.78 Å². The van der Waals surface area contributed by atoms with Crippen LogP contribution in [-0.4, -0.2) is 6.21 Å². The Labute approximate surface area is 98.4 Å². The molecule has 2 aromatic carbocycles. The predicted molar refractivity (Wildman–Crippen MR) is 64.1 cm³/mol. The largest absolute Gasteiger partial charge is 0.288 e. The SMILES string of the molecule is Fc1ccc(C/N=C\c2ccccc2)c(F)c1. The van der Waals surface area contributed by atoms with E-state index in [0.717, 1.165) is 11.6 Å². The lowest BCUT2D eigenvalue weighted by atomic mass is 10.2. The minimum absolute atomic E-state index is 0.209. The van der Waals surface area contributed by atoms with E-state index in [1.807, 2.05) is 30.3 Å². The highest BCUT2D eigenvalue weighted by molar-refractivity contribution is 5.79. The first-order valence-corrected chi connectivity index (χ1v) is 5.24. The molecule has 2 rings (SSSR count). The van der Waals surface area contributed by atoms with E-state index in [1.165, 1.54) is 12.1 Å². The van der Waals surface area contributed by atoms with E-state index in [2.05, 4.69) is 4.99 Å². The molecule has 0 N–H and O–H groups in total. The van der Waals surface area contributed by atoms with Crippen molar-refractivity contribution in [3.63, 3.8) is 0 Å². The summed E-state index contributed by atoms with van der Waals surface area (Å²) in [4.78, 5) is 4.11. The molecule has 0 radical (unpaired) electrons. The number of rotatable bonds is 3. The summed E-state index contributed by atoms with van der Waals surface area (Å²) in [6, 6.07) is 13.0. The van der Waals surface area contributed by atoms with Crippen LogP contribution in [0.3, 0.4) is 0 Å². The fourth-order valence-electron chi connectivity index (χ4n) is 1.44. The van der Waals surface area contributed by atoms with Gasteiger partial charge in [0.15, 0.2) is 0 Å². The Balaban J connectivity index is 2.05. The lowest BCUT2D eigenvalue weighted by Gasteiger charge is -1.99. The molecule has 0 fully saturated rings. The predicted octanol–water partition coefficient (Wildman–Crippen LogP) is 3.58. The van der Waals surface area contributed by atoms with Crippen molar-refractivity contribution >= 4 is 6.21 Å². The normalized spacial score (nSPS) is 10.9. The smallest absolute Gasteiger partial charge is 0.131 e. The van der Waals surface area contributed by atoms with Gasteiger partial charge in [0.2, 0.25) is 0 Å². The lowest BCUT2D eigenvalue weighted by molar-refractivity contribution is 0.573. The van der Waals surface area contributed by atoms with E-state index in [0.29, 0.717) is 5.56 Å². The van der Waals surface area contributed by atoms with Crippen molar-refractivity contribution in [1.29, 1.82) is 0 Å². The number of nitrogens with zero attached hydrogens (tertiary/aromatic N) is 1. The molecule has 17 heavy (non-hydrogen) atoms. The highest BCUT2D eigenvalue weighted by atomic mass is 19.1. The van der Waals surface area contributed by atoms with Crippen molar-refractivity contribution in [2.45, 2.75) is 6.54 Å². The summed E-state index contributed by atoms with van der Waals surface area (Å²) in [5, 5.41) is 0. The molecule has 0 bridgehead atoms. The van der Waals surface area contributed by atoms with Crippen LogP contribution >= 0.6 is 0 Å². The second-order valence-corrected chi connectivity index (χ2v) is 3.62. The van der Waals surface area contributed by atoms with Gasteiger partial charge in [0.25, 0.3) is 0 Å². The zero-order chi connectivity index (χ0) is 12.1. The van der Waals surface area contributed by atoms with Gasteiger partial charge in [-0.2, -0.15) is 0 Å². The Morgan fingerprint density at radius 3 is 2.47 bits per heavy atom. The van der Waals surface area contributed by atoms with Crippen molar-refractivity contribution in [3.05, 3.63) is 71.3 Å². The fourth-order valence-corrected chi connectivity index (χ4v) is 1.44. The average Bonchev–Trinajstić information content (AvgIpc) is 2.33. The van der Waals surface area contributed by atoms with Gasteiger partial charge in [-0.15, -0.1) is 0 Å². The van der Waals surface area contributed by atoms with Crippen molar-refractivity contribution < 1.29 is 8.78 Å². The third-order valence-corrected chi connectivity index (χ3v) is 2.32. The van der Waals surface area contributed by atoms with Gasteiger partial charge in [-0.05, 0) is 11.6 Å². The Hall–Kier alpha value is -2.03. The summed E-state index contributed by atoms with van der Waals surface area (Å²) in [6.45, 7) is 0.209. The molecular weight excluding hydrogens is 220 g/mol. The van der Waals surface area contributed by atoms with Crippen molar-refractivity contribution in [2.24, 2.45) is 4.99 Å². The van der Waals surface area contributed by atoms with Gasteiger partial charge in [0.1, 0.15) is 11.6 Å². The van der Waals surface area contributed by atoms with Crippen LogP contribution < -0.4 is 0 Å². The molecule has 0 atom stereocenters. The molecule has 0 aliphatic rings. The molecule has 2 aromatic rings. The van der Waals surface area contributed by atoms with E-state index in [-0.39, 0.29) is 6.54 Å². The standard InChI is InChI=1S/C14H11F2N/c15-13-7-6-12(14(16)8-13)10-17-9-11-4-2-1-3-5-11/h1-9H,10H2/b17-9-. The van der Waals surface area contributed by atoms with E-state index in [4.69, 9.17) is 0 Å². The fraction of sp³-hybridized carbons (Fsp3) is 0.0714. The number of hydrogen-bond donors (Lipinski definition) is 0. The third-order valence-electron chi connectivity index (χ3n) is 2.32. The summed E-state index contributed by atoms with van der Waals surface area (Å²) in [5.41, 5.74) is 1.34. The van der Waals surface area contributed by atoms with Gasteiger partial charge in [-0.1, -0.05) is 36.4 Å². The molecule has 0 saturated carbocycles. The number of aliphatic imine (C=N–C) groups is 1. The van der Waals surface area contributed by atoms with Gasteiger partial charge < -0.3 is 0 Å². The first kappa shape index (κ1) is 11.5. The van der Waals surface area contributed by atoms with Gasteiger partial charge >= 0.3 is 0 Å². The van der Waals surface area contributed by atoms with Crippen molar-refractivity contribution in [2.75, 3.05) is 0 Å². The van der Waals surface area contributed by atoms with Crippen LogP contribution in [0, 0.1) is 11.6 Å². The van der Waals surface area contributed by atoms with Gasteiger partial charge in [-0.3, -0.25) is 4.99 Å². The Bertz CT molecular complexity index is 521. The first-order valence-electron chi connectivity index (χ1n) is 5.24. The molecule has 0 spiro atoms. The summed E-state index contributed by atoms with van der Waals surface area (Å²) in [7, 11) is 0. The molecule has 0 aliphatic carbocycles. The molecule has 86 valence electrons. The highest BCUT2D eigenvalue weighted by Crippen LogP contribution is 2.10. The van der Waals surface area contributed by atoms with Crippen LogP contribution in [0.1, 0.15) is 11.1 Å². The van der Waals surface area contributed by atoms with E-state index < -0.39 is 11.6 Å². The van der Waals surface area contributed by atoms with Crippen molar-refractivity contribution in [1.82, 2.24) is 0 Å². The molecule has 0 aliphatic heterocycles. The van der Waals surface area contributed by atoms with E-state index in [9.17, 15) is 8.78 Å². The summed E-state index contributed by atoms with van der Waals surface area (Å²) in [6.07, 6.45) is 1.67. The topological polar surface area (TPSA) is 12.4 Å². The van der Waals surface area contributed by atoms with Crippen LogP contribution in [0.25, 0.3) is 0 Å². The van der Waals surface area contributed by atoms with Crippen LogP contribution in [0.5, 0.6) is 0 Å². The van der Waals surface area contributed by atoms with E-state index in [1.54, 1.807) is 6.21 Å². The zero-order valence-corrected chi connectivity index (χ0v) is 9.11. The minimum atomic E-state index is -0.571. The molecule has 0 heterocycles. The van der Waals surface area contributed by atoms with E-state index >= 15 is 0 Å². The highest BCUT2D eigenvalue weighted by Gasteiger charge is 2.01. The molecule has 3 heteroatoms. The Morgan fingerprint density at radius 2 is 1.76 bits per heavy atom.